The quantitative estimate of drug-likeness (QED) is 0.559. The molecule has 1 atom stereocenters. The van der Waals surface area contributed by atoms with Crippen molar-refractivity contribution in [3.63, 3.8) is 0 Å². The third-order valence-electron chi connectivity index (χ3n) is 6.66. The topological polar surface area (TPSA) is 49.8 Å². The molecular formula is C20H18B9NO3. The van der Waals surface area contributed by atoms with E-state index < -0.39 is 26.9 Å². The van der Waals surface area contributed by atoms with Gasteiger partial charge in [-0.15, -0.1) is 10.3 Å². The van der Waals surface area contributed by atoms with E-state index in [-0.39, 0.29) is 11.8 Å². The van der Waals surface area contributed by atoms with Crippen molar-refractivity contribution in [2.45, 2.75) is 34.3 Å². The van der Waals surface area contributed by atoms with Crippen LogP contribution in [-0.2, 0) is 11.2 Å². The van der Waals surface area contributed by atoms with E-state index in [1.54, 1.807) is 12.1 Å². The molecule has 0 spiro atoms. The van der Waals surface area contributed by atoms with Gasteiger partial charge in [-0.3, -0.25) is 9.69 Å². The van der Waals surface area contributed by atoms with Crippen molar-refractivity contribution in [2.75, 3.05) is 19.6 Å². The zero-order valence-electron chi connectivity index (χ0n) is 18.7. The van der Waals surface area contributed by atoms with Gasteiger partial charge in [-0.1, -0.05) is 29.9 Å². The Kier molecular flexibility index (Phi) is 7.01. The maximum Gasteiger partial charge on any atom is 0.309 e. The molecule has 148 valence electrons. The minimum absolute atomic E-state index is 0.244. The molecule has 0 bridgehead atoms. The van der Waals surface area contributed by atoms with E-state index in [4.69, 9.17) is 80.5 Å². The van der Waals surface area contributed by atoms with Gasteiger partial charge in [0.25, 0.3) is 0 Å². The zero-order chi connectivity index (χ0) is 25.0. The molecule has 1 saturated heterocycles. The predicted octanol–water partition coefficient (Wildman–Crippen LogP) is -0.866. The molecule has 3 rings (SSSR count). The summed E-state index contributed by atoms with van der Waals surface area (Å²) in [6.45, 7) is 3.97. The van der Waals surface area contributed by atoms with Gasteiger partial charge in [-0.2, -0.15) is 0 Å². The Morgan fingerprint density at radius 3 is 2.21 bits per heavy atom. The summed E-state index contributed by atoms with van der Waals surface area (Å²) >= 11 is 0. The van der Waals surface area contributed by atoms with E-state index in [1.807, 2.05) is 6.07 Å². The molecule has 0 amide bonds. The molecule has 1 aromatic rings. The van der Waals surface area contributed by atoms with Crippen molar-refractivity contribution in [1.82, 2.24) is 4.90 Å². The molecule has 13 heteroatoms. The maximum absolute atomic E-state index is 11.0. The summed E-state index contributed by atoms with van der Waals surface area (Å²) in [4.78, 5) is 13.2. The Morgan fingerprint density at radius 1 is 1.06 bits per heavy atom. The number of carbonyl (C=O) groups is 1. The number of hydrogen-bond donors (Lipinski definition) is 1. The second kappa shape index (κ2) is 8.77. The molecule has 1 aromatic carbocycles. The number of likely N-dealkylation sites (tertiary alicyclic amines) is 1. The predicted molar refractivity (Wildman–Crippen MR) is 138 cm³/mol. The summed E-state index contributed by atoms with van der Waals surface area (Å²) in [5, 5.41) is -0.0732. The summed E-state index contributed by atoms with van der Waals surface area (Å²) in [6.07, 6.45) is 2.84. The molecule has 2 aliphatic rings. The first kappa shape index (κ1) is 26.4. The number of rotatable bonds is 8. The molecule has 18 radical (unpaired) electrons. The highest BCUT2D eigenvalue weighted by molar-refractivity contribution is 6.72. The highest BCUT2D eigenvalue weighted by Crippen LogP contribution is 2.58. The number of ether oxygens (including phenoxy) is 1. The van der Waals surface area contributed by atoms with Crippen LogP contribution in [0.2, 0.25) is 15.5 Å². The number of hydrogen-bond acceptors (Lipinski definition) is 3. The van der Waals surface area contributed by atoms with Crippen LogP contribution in [0.25, 0.3) is 6.08 Å². The molecule has 0 saturated carbocycles. The molecule has 33 heavy (non-hydrogen) atoms. The van der Waals surface area contributed by atoms with Crippen molar-refractivity contribution in [3.05, 3.63) is 34.9 Å². The van der Waals surface area contributed by atoms with Crippen LogP contribution in [0.15, 0.2) is 23.8 Å². The van der Waals surface area contributed by atoms with Crippen LogP contribution in [0.4, 0.5) is 0 Å². The Balaban J connectivity index is 1.76. The van der Waals surface area contributed by atoms with Crippen molar-refractivity contribution in [1.29, 1.82) is 0 Å². The molecule has 1 aliphatic carbocycles. The number of nitrogens with zero attached hydrogens (tertiary/aromatic N) is 1. The number of aliphatic carboxylic acids is 1. The van der Waals surface area contributed by atoms with Crippen molar-refractivity contribution in [2.24, 2.45) is 11.8 Å². The van der Waals surface area contributed by atoms with E-state index in [1.165, 1.54) is 5.57 Å². The Hall–Kier alpha value is -1.23. The second-order valence-electron chi connectivity index (χ2n) is 9.48. The third kappa shape index (κ3) is 4.95. The number of fused-ring (bicyclic) bond motifs is 1. The van der Waals surface area contributed by atoms with Crippen LogP contribution in [0.1, 0.15) is 18.1 Å². The molecule has 1 fully saturated rings. The first-order valence-corrected chi connectivity index (χ1v) is 10.5. The van der Waals surface area contributed by atoms with Gasteiger partial charge in [0.05, 0.1) is 37.3 Å². The highest BCUT2D eigenvalue weighted by Gasteiger charge is 2.50. The summed E-state index contributed by atoms with van der Waals surface area (Å²) in [5.41, 5.74) is 3.24. The van der Waals surface area contributed by atoms with E-state index >= 15 is 0 Å². The van der Waals surface area contributed by atoms with Crippen molar-refractivity contribution in [3.8, 4) is 5.75 Å². The largest absolute Gasteiger partial charge is 0.508 e. The summed E-state index contributed by atoms with van der Waals surface area (Å²) < 4.78 is 5.70. The fourth-order valence-electron chi connectivity index (χ4n) is 4.04. The lowest BCUT2D eigenvalue weighted by Gasteiger charge is -2.61. The van der Waals surface area contributed by atoms with E-state index in [2.05, 4.69) is 17.9 Å². The monoisotopic (exact) mass is 419 g/mol. The van der Waals surface area contributed by atoms with Crippen LogP contribution in [-0.4, -0.2) is 112 Å². The van der Waals surface area contributed by atoms with Crippen LogP contribution in [0.3, 0.4) is 0 Å². The first-order chi connectivity index (χ1) is 15.0. The Morgan fingerprint density at radius 2 is 1.67 bits per heavy atom. The van der Waals surface area contributed by atoms with Crippen LogP contribution >= 0.6 is 0 Å². The van der Waals surface area contributed by atoms with Crippen molar-refractivity contribution < 1.29 is 14.6 Å². The molecule has 4 nitrogen and oxygen atoms in total. The Bertz CT molecular complexity index is 953. The van der Waals surface area contributed by atoms with Crippen LogP contribution in [0.5, 0.6) is 5.75 Å². The zero-order valence-corrected chi connectivity index (χ0v) is 18.7. The standard InChI is InChI=1S/C20H18B9NO3/c1-10-4-12-6-15(33-20(28,29)18(23,24)17(21,22)19(25,26)27)3-2-11(12)5-13(10)7-30-8-14(9-30)16(31)32/h2-3,5-6,10,14H,4,7-9H2,1H3,(H,31,32)/t10-/m1/s1. The second-order valence-corrected chi connectivity index (χ2v) is 9.48. The Labute approximate surface area is 208 Å². The summed E-state index contributed by atoms with van der Waals surface area (Å²) in [7, 11) is 52.9. The fraction of sp³-hybridized carbons (Fsp3) is 0.550. The van der Waals surface area contributed by atoms with Crippen LogP contribution < -0.4 is 4.74 Å². The lowest BCUT2D eigenvalue weighted by molar-refractivity contribution is -0.147. The van der Waals surface area contributed by atoms with E-state index in [0.29, 0.717) is 18.8 Å². The van der Waals surface area contributed by atoms with Crippen LogP contribution in [0, 0.1) is 11.8 Å². The minimum atomic E-state index is -2.33. The molecule has 0 unspecified atom stereocenters. The molecule has 1 aliphatic heterocycles. The lowest BCUT2D eigenvalue weighted by atomic mass is 9.10. The smallest absolute Gasteiger partial charge is 0.309 e. The molecule has 1 heterocycles. The summed E-state index contributed by atoms with van der Waals surface area (Å²) in [6, 6.07) is 5.30. The molecule has 1 N–H and O–H groups in total. The lowest BCUT2D eigenvalue weighted by Crippen LogP contribution is -2.59. The first-order valence-electron chi connectivity index (χ1n) is 10.5. The average molecular weight is 418 g/mol. The van der Waals surface area contributed by atoms with Gasteiger partial charge in [0.15, 0.2) is 0 Å². The van der Waals surface area contributed by atoms with Gasteiger partial charge >= 0.3 is 5.97 Å². The number of carboxylic acid groups (broad SMARTS) is 1. The normalized spacial score (nSPS) is 20.4. The third-order valence-corrected chi connectivity index (χ3v) is 6.66. The molecular weight excluding hydrogens is 400 g/mol. The SMILES string of the molecule is [B]C([B])([B])C([B])([B])C([B])([B])C([B])([B])Oc1ccc2c(c1)C[C@@H](C)C(CN1CC(C(=O)O)C1)=C2. The average Bonchev–Trinajstić information content (AvgIpc) is 2.62. The van der Waals surface area contributed by atoms with Gasteiger partial charge in [0.1, 0.15) is 21.4 Å². The van der Waals surface area contributed by atoms with E-state index in [9.17, 15) is 4.79 Å². The highest BCUT2D eigenvalue weighted by atomic mass is 16.5. The number of carboxylic acids is 1. The number of benzene rings is 1. The van der Waals surface area contributed by atoms with Gasteiger partial charge < -0.3 is 9.84 Å². The van der Waals surface area contributed by atoms with Gasteiger partial charge in [-0.05, 0) is 35.6 Å². The fourth-order valence-corrected chi connectivity index (χ4v) is 4.04. The van der Waals surface area contributed by atoms with Crippen molar-refractivity contribution >= 4 is 82.7 Å². The summed E-state index contributed by atoms with van der Waals surface area (Å²) in [5.74, 6) is -0.498. The molecule has 0 aromatic heterocycles. The van der Waals surface area contributed by atoms with Gasteiger partial charge in [0, 0.05) is 48.6 Å². The van der Waals surface area contributed by atoms with E-state index in [0.717, 1.165) is 24.1 Å². The minimum Gasteiger partial charge on any atom is -0.508 e. The van der Waals surface area contributed by atoms with Gasteiger partial charge in [0.2, 0.25) is 0 Å². The maximum atomic E-state index is 11.0. The van der Waals surface area contributed by atoms with Gasteiger partial charge in [-0.25, -0.2) is 0 Å².